The van der Waals surface area contributed by atoms with Crippen LogP contribution in [0.3, 0.4) is 0 Å². The van der Waals surface area contributed by atoms with Gasteiger partial charge in [0.25, 0.3) is 0 Å². The number of nitrogens with one attached hydrogen (secondary N) is 3. The molecule has 26 heavy (non-hydrogen) atoms. The predicted octanol–water partition coefficient (Wildman–Crippen LogP) is 3.14. The molecule has 1 aromatic carbocycles. The van der Waals surface area contributed by atoms with Crippen molar-refractivity contribution in [2.75, 3.05) is 5.32 Å². The van der Waals surface area contributed by atoms with Gasteiger partial charge in [0.15, 0.2) is 5.16 Å². The average Bonchev–Trinajstić information content (AvgIpc) is 3.00. The van der Waals surface area contributed by atoms with E-state index in [4.69, 9.17) is 0 Å². The van der Waals surface area contributed by atoms with Gasteiger partial charge in [-0.25, -0.2) is 15.4 Å². The average molecular weight is 436 g/mol. The zero-order valence-corrected chi connectivity index (χ0v) is 17.3. The Bertz CT molecular complexity index is 773. The summed E-state index contributed by atoms with van der Waals surface area (Å²) in [6.45, 7) is 6.24. The summed E-state index contributed by atoms with van der Waals surface area (Å²) in [5.41, 5.74) is 8.10. The van der Waals surface area contributed by atoms with Gasteiger partial charge in [0.2, 0.25) is 5.91 Å². The number of rotatable bonds is 5. The number of hydrazine groups is 1. The van der Waals surface area contributed by atoms with Crippen LogP contribution in [0.4, 0.5) is 5.69 Å². The Balaban J connectivity index is 1.66. The van der Waals surface area contributed by atoms with Gasteiger partial charge in [-0.2, -0.15) is 0 Å². The molecule has 3 atom stereocenters. The molecule has 1 amide bonds. The Kier molecular flexibility index (Phi) is 6.29. The van der Waals surface area contributed by atoms with Gasteiger partial charge in [0, 0.05) is 29.0 Å². The van der Waals surface area contributed by atoms with Crippen LogP contribution < -0.4 is 16.2 Å². The minimum Gasteiger partial charge on any atom is -0.324 e. The molecule has 138 valence electrons. The van der Waals surface area contributed by atoms with Crippen molar-refractivity contribution in [2.45, 2.75) is 47.7 Å². The first-order chi connectivity index (χ1) is 12.5. The zero-order chi connectivity index (χ0) is 18.7. The highest BCUT2D eigenvalue weighted by Crippen LogP contribution is 2.28. The molecule has 3 N–H and O–H groups in total. The number of carbonyl (C=O) groups is 1. The summed E-state index contributed by atoms with van der Waals surface area (Å²) in [7, 11) is 0. The maximum Gasteiger partial charge on any atom is 0.244 e. The molecule has 0 bridgehead atoms. The lowest BCUT2D eigenvalue weighted by Gasteiger charge is -2.19. The third-order valence-corrected chi connectivity index (χ3v) is 6.26. The van der Waals surface area contributed by atoms with E-state index in [1.165, 1.54) is 11.8 Å². The summed E-state index contributed by atoms with van der Waals surface area (Å²) in [6.07, 6.45) is 3.45. The van der Waals surface area contributed by atoms with Crippen LogP contribution in [0.25, 0.3) is 0 Å². The van der Waals surface area contributed by atoms with E-state index in [1.807, 2.05) is 25.1 Å². The topological polar surface area (TPSA) is 78.9 Å². The van der Waals surface area contributed by atoms with Crippen molar-refractivity contribution in [3.63, 3.8) is 0 Å². The van der Waals surface area contributed by atoms with Crippen LogP contribution in [0.5, 0.6) is 0 Å². The maximum atomic E-state index is 12.7. The van der Waals surface area contributed by atoms with Gasteiger partial charge in [-0.05, 0) is 54.4 Å². The lowest BCUT2D eigenvalue weighted by Crippen LogP contribution is -2.42. The number of aromatic nitrogens is 2. The molecule has 0 radical (unpaired) electrons. The van der Waals surface area contributed by atoms with E-state index < -0.39 is 0 Å². The van der Waals surface area contributed by atoms with Crippen LogP contribution in [-0.4, -0.2) is 32.8 Å². The third kappa shape index (κ3) is 4.43. The molecule has 1 aliphatic heterocycles. The van der Waals surface area contributed by atoms with Gasteiger partial charge in [-0.3, -0.25) is 10.2 Å². The second kappa shape index (κ2) is 8.47. The molecule has 3 rings (SSSR count). The van der Waals surface area contributed by atoms with Crippen molar-refractivity contribution in [2.24, 2.45) is 5.92 Å². The molecule has 2 heterocycles. The summed E-state index contributed by atoms with van der Waals surface area (Å²) < 4.78 is 0. The Labute approximate surface area is 166 Å². The molecule has 1 aromatic heterocycles. The number of nitrogens with zero attached hydrogens (tertiary/aromatic N) is 2. The lowest BCUT2D eigenvalue weighted by molar-refractivity contribution is -0.117. The Hall–Kier alpha value is -1.48. The van der Waals surface area contributed by atoms with Crippen molar-refractivity contribution in [1.29, 1.82) is 0 Å². The molecular weight excluding hydrogens is 414 g/mol. The molecule has 3 unspecified atom stereocenters. The largest absolute Gasteiger partial charge is 0.324 e. The van der Waals surface area contributed by atoms with Crippen molar-refractivity contribution < 1.29 is 4.79 Å². The van der Waals surface area contributed by atoms with Crippen LogP contribution >= 0.6 is 27.7 Å². The van der Waals surface area contributed by atoms with Crippen LogP contribution in [0, 0.1) is 12.8 Å². The Morgan fingerprint density at radius 1 is 1.27 bits per heavy atom. The summed E-state index contributed by atoms with van der Waals surface area (Å²) in [5.74, 6) is 0.361. The summed E-state index contributed by atoms with van der Waals surface area (Å²) in [4.78, 5) is 22.2. The fourth-order valence-electron chi connectivity index (χ4n) is 2.79. The number of amides is 1. The van der Waals surface area contributed by atoms with Gasteiger partial charge >= 0.3 is 0 Å². The van der Waals surface area contributed by atoms with Crippen LogP contribution in [0.15, 0.2) is 46.7 Å². The highest BCUT2D eigenvalue weighted by molar-refractivity contribution is 9.09. The molecule has 1 fully saturated rings. The van der Waals surface area contributed by atoms with Crippen molar-refractivity contribution in [3.05, 3.63) is 42.2 Å². The van der Waals surface area contributed by atoms with Crippen LogP contribution in [0.1, 0.15) is 19.4 Å². The standard InChI is InChI=1S/C18H22BrN5OS/c1-10(2)15-14(19)16(24-23-15)17(25)22-13-6-5-12(9-11(13)3)26-18-20-7-4-8-21-18/h4-10,14-16,23-24H,1-3H3,(H,22,25). The molecule has 6 nitrogen and oxygen atoms in total. The van der Waals surface area contributed by atoms with Crippen LogP contribution in [-0.2, 0) is 4.79 Å². The van der Waals surface area contributed by atoms with E-state index in [0.717, 1.165) is 16.1 Å². The van der Waals surface area contributed by atoms with Crippen molar-refractivity contribution in [1.82, 2.24) is 20.8 Å². The van der Waals surface area contributed by atoms with Gasteiger partial charge in [0.05, 0.1) is 4.83 Å². The minimum atomic E-state index is -0.325. The Morgan fingerprint density at radius 2 is 2.00 bits per heavy atom. The molecule has 1 saturated heterocycles. The summed E-state index contributed by atoms with van der Waals surface area (Å²) in [5, 5.41) is 3.72. The van der Waals surface area contributed by atoms with Crippen molar-refractivity contribution in [3.8, 4) is 0 Å². The lowest BCUT2D eigenvalue weighted by atomic mass is 9.99. The summed E-state index contributed by atoms with van der Waals surface area (Å²) >= 11 is 5.14. The van der Waals surface area contributed by atoms with E-state index in [2.05, 4.69) is 55.9 Å². The first-order valence-corrected chi connectivity index (χ1v) is 10.2. The monoisotopic (exact) mass is 435 g/mol. The zero-order valence-electron chi connectivity index (χ0n) is 14.9. The van der Waals surface area contributed by atoms with Crippen molar-refractivity contribution >= 4 is 39.3 Å². The number of halogens is 1. The number of anilines is 1. The molecule has 0 aliphatic carbocycles. The van der Waals surface area contributed by atoms with Crippen LogP contribution in [0.2, 0.25) is 0 Å². The van der Waals surface area contributed by atoms with E-state index in [9.17, 15) is 4.79 Å². The van der Waals surface area contributed by atoms with E-state index in [-0.39, 0.29) is 22.8 Å². The molecule has 1 aliphatic rings. The summed E-state index contributed by atoms with van der Waals surface area (Å²) in [6, 6.07) is 7.58. The SMILES string of the molecule is Cc1cc(Sc2ncccn2)ccc1NC(=O)C1NNC(C(C)C)C1Br. The van der Waals surface area contributed by atoms with Gasteiger partial charge in [-0.15, -0.1) is 0 Å². The van der Waals surface area contributed by atoms with E-state index in [0.29, 0.717) is 11.1 Å². The fraction of sp³-hybridized carbons (Fsp3) is 0.389. The predicted molar refractivity (Wildman–Crippen MR) is 107 cm³/mol. The highest BCUT2D eigenvalue weighted by Gasteiger charge is 2.39. The molecule has 2 aromatic rings. The maximum absolute atomic E-state index is 12.7. The highest BCUT2D eigenvalue weighted by atomic mass is 79.9. The third-order valence-electron chi connectivity index (χ3n) is 4.27. The fourth-order valence-corrected chi connectivity index (χ4v) is 4.72. The molecule has 0 saturated carbocycles. The molecule has 0 spiro atoms. The smallest absolute Gasteiger partial charge is 0.244 e. The number of carbonyl (C=O) groups excluding carboxylic acids is 1. The molecular formula is C18H22BrN5OS. The number of aryl methyl sites for hydroxylation is 1. The molecule has 8 heteroatoms. The van der Waals surface area contributed by atoms with Gasteiger partial charge in [0.1, 0.15) is 6.04 Å². The van der Waals surface area contributed by atoms with Gasteiger partial charge in [-0.1, -0.05) is 29.8 Å². The van der Waals surface area contributed by atoms with Gasteiger partial charge < -0.3 is 5.32 Å². The first-order valence-electron chi connectivity index (χ1n) is 8.47. The number of alkyl halides is 1. The number of hydrogen-bond acceptors (Lipinski definition) is 6. The Morgan fingerprint density at radius 3 is 2.62 bits per heavy atom. The minimum absolute atomic E-state index is 0.0351. The van der Waals surface area contributed by atoms with E-state index in [1.54, 1.807) is 18.5 Å². The normalized spacial score (nSPS) is 22.6. The number of benzene rings is 1. The first kappa shape index (κ1) is 19.3. The quantitative estimate of drug-likeness (QED) is 0.494. The second-order valence-corrected chi connectivity index (χ2v) is 8.68. The van der Waals surface area contributed by atoms with E-state index >= 15 is 0 Å². The second-order valence-electron chi connectivity index (χ2n) is 6.58. The number of hydrogen-bond donors (Lipinski definition) is 3.